The van der Waals surface area contributed by atoms with Crippen LogP contribution in [0.4, 0.5) is 5.69 Å². The third-order valence-electron chi connectivity index (χ3n) is 2.52. The molecule has 17 heavy (non-hydrogen) atoms. The van der Waals surface area contributed by atoms with Crippen LogP contribution in [0.5, 0.6) is 0 Å². The molecule has 0 unspecified atom stereocenters. The number of benzene rings is 1. The molecule has 1 aromatic carbocycles. The summed E-state index contributed by atoms with van der Waals surface area (Å²) in [5, 5.41) is 5.92. The Balaban J connectivity index is 2.23. The number of pyridine rings is 1. The molecule has 2 heterocycles. The maximum atomic E-state index is 5.80. The van der Waals surface area contributed by atoms with Crippen LogP contribution in [-0.4, -0.2) is 14.8 Å². The second-order valence-electron chi connectivity index (χ2n) is 3.71. The molecule has 0 saturated heterocycles. The van der Waals surface area contributed by atoms with E-state index in [2.05, 4.69) is 10.1 Å². The van der Waals surface area contributed by atoms with E-state index in [1.165, 1.54) is 0 Å². The topological polar surface area (TPSA) is 56.7 Å². The van der Waals surface area contributed by atoms with Crippen LogP contribution in [-0.2, 0) is 0 Å². The van der Waals surface area contributed by atoms with Crippen LogP contribution in [0.25, 0.3) is 16.7 Å². The van der Waals surface area contributed by atoms with Crippen molar-refractivity contribution in [1.82, 2.24) is 14.8 Å². The van der Waals surface area contributed by atoms with E-state index in [9.17, 15) is 0 Å². The van der Waals surface area contributed by atoms with Gasteiger partial charge in [0.25, 0.3) is 0 Å². The molecule has 0 fully saturated rings. The molecule has 0 spiro atoms. The van der Waals surface area contributed by atoms with Gasteiger partial charge >= 0.3 is 0 Å². The third-order valence-corrected chi connectivity index (χ3v) is 2.75. The normalized spacial score (nSPS) is 10.9. The van der Waals surface area contributed by atoms with E-state index in [4.69, 9.17) is 17.3 Å². The smallest absolute Gasteiger partial charge is 0.154 e. The summed E-state index contributed by atoms with van der Waals surface area (Å²) in [6.07, 6.45) is 3.38. The van der Waals surface area contributed by atoms with Crippen LogP contribution in [0.3, 0.4) is 0 Å². The molecule has 0 aliphatic heterocycles. The molecule has 4 nitrogen and oxygen atoms in total. The highest BCUT2D eigenvalue weighted by Crippen LogP contribution is 2.20. The van der Waals surface area contributed by atoms with Gasteiger partial charge in [-0.3, -0.25) is 0 Å². The average Bonchev–Trinajstić information content (AvgIpc) is 2.73. The van der Waals surface area contributed by atoms with Crippen LogP contribution >= 0.6 is 11.6 Å². The van der Waals surface area contributed by atoms with Crippen LogP contribution in [0.1, 0.15) is 0 Å². The van der Waals surface area contributed by atoms with Gasteiger partial charge in [-0.15, -0.1) is 0 Å². The van der Waals surface area contributed by atoms with Crippen molar-refractivity contribution in [2.24, 2.45) is 0 Å². The van der Waals surface area contributed by atoms with Crippen molar-refractivity contribution in [3.63, 3.8) is 0 Å². The van der Waals surface area contributed by atoms with Crippen molar-refractivity contribution in [1.29, 1.82) is 0 Å². The molecule has 84 valence electrons. The summed E-state index contributed by atoms with van der Waals surface area (Å²) in [5.74, 6) is 0.718. The van der Waals surface area contributed by atoms with E-state index in [-0.39, 0.29) is 0 Å². The van der Waals surface area contributed by atoms with Gasteiger partial charge in [0.05, 0.1) is 16.7 Å². The Morgan fingerprint density at radius 3 is 2.76 bits per heavy atom. The highest BCUT2D eigenvalue weighted by molar-refractivity contribution is 6.30. The number of nitrogens with zero attached hydrogens (tertiary/aromatic N) is 3. The van der Waals surface area contributed by atoms with Gasteiger partial charge in [0.1, 0.15) is 0 Å². The lowest BCUT2D eigenvalue weighted by atomic mass is 10.2. The molecule has 2 N–H and O–H groups in total. The number of nitrogens with two attached hydrogens (primary N) is 1. The van der Waals surface area contributed by atoms with Gasteiger partial charge in [-0.2, -0.15) is 5.10 Å². The summed E-state index contributed by atoms with van der Waals surface area (Å²) in [5.41, 5.74) is 7.40. The molecule has 3 rings (SSSR count). The van der Waals surface area contributed by atoms with Crippen LogP contribution in [0.2, 0.25) is 5.02 Å². The lowest BCUT2D eigenvalue weighted by Gasteiger charge is -2.02. The van der Waals surface area contributed by atoms with E-state index in [1.54, 1.807) is 23.1 Å². The molecule has 0 aliphatic rings. The number of hydrogen-bond acceptors (Lipinski definition) is 3. The molecule has 0 saturated carbocycles. The molecular weight excluding hydrogens is 236 g/mol. The molecule has 0 aliphatic carbocycles. The minimum atomic E-state index is 0.602. The fourth-order valence-corrected chi connectivity index (χ4v) is 1.82. The maximum absolute atomic E-state index is 5.80. The Hall–Kier alpha value is -2.07. The van der Waals surface area contributed by atoms with Gasteiger partial charge < -0.3 is 5.73 Å². The third kappa shape index (κ3) is 1.72. The van der Waals surface area contributed by atoms with Gasteiger partial charge in [-0.25, -0.2) is 9.67 Å². The average molecular weight is 245 g/mol. The second-order valence-corrected chi connectivity index (χ2v) is 4.15. The van der Waals surface area contributed by atoms with Crippen molar-refractivity contribution in [2.45, 2.75) is 0 Å². The molecule has 2 aromatic heterocycles. The predicted octanol–water partition coefficient (Wildman–Crippen LogP) is 2.66. The highest BCUT2D eigenvalue weighted by atomic mass is 35.5. The molecule has 3 aromatic rings. The molecule has 0 bridgehead atoms. The molecule has 0 radical (unpaired) electrons. The summed E-state index contributed by atoms with van der Waals surface area (Å²) in [6, 6.07) is 9.26. The zero-order valence-electron chi connectivity index (χ0n) is 8.84. The van der Waals surface area contributed by atoms with Gasteiger partial charge in [0.15, 0.2) is 5.82 Å². The zero-order chi connectivity index (χ0) is 11.8. The number of rotatable bonds is 1. The minimum absolute atomic E-state index is 0.602. The summed E-state index contributed by atoms with van der Waals surface area (Å²) < 4.78 is 1.74. The van der Waals surface area contributed by atoms with Crippen molar-refractivity contribution < 1.29 is 0 Å². The Bertz CT molecular complexity index is 673. The predicted molar refractivity (Wildman–Crippen MR) is 68.3 cm³/mol. The zero-order valence-corrected chi connectivity index (χ0v) is 9.59. The van der Waals surface area contributed by atoms with Crippen LogP contribution in [0.15, 0.2) is 42.7 Å². The molecule has 0 atom stereocenters. The Labute approximate surface area is 103 Å². The number of aromatic nitrogens is 3. The SMILES string of the molecule is Nc1ccc2cnn(-c3ccc(Cl)cn3)c2c1. The number of fused-ring (bicyclic) bond motifs is 1. The van der Waals surface area contributed by atoms with Crippen molar-refractivity contribution in [3.8, 4) is 5.82 Å². The molecular formula is C12H9ClN4. The highest BCUT2D eigenvalue weighted by Gasteiger charge is 2.05. The van der Waals surface area contributed by atoms with Gasteiger partial charge in [-0.05, 0) is 30.3 Å². The van der Waals surface area contributed by atoms with Crippen molar-refractivity contribution in [3.05, 3.63) is 47.7 Å². The lowest BCUT2D eigenvalue weighted by Crippen LogP contribution is -1.98. The van der Waals surface area contributed by atoms with Gasteiger partial charge in [-0.1, -0.05) is 11.6 Å². The van der Waals surface area contributed by atoms with E-state index >= 15 is 0 Å². The van der Waals surface area contributed by atoms with E-state index in [1.807, 2.05) is 24.3 Å². The largest absolute Gasteiger partial charge is 0.399 e. The summed E-state index contributed by atoms with van der Waals surface area (Å²) >= 11 is 5.80. The fourth-order valence-electron chi connectivity index (χ4n) is 1.71. The molecule has 5 heteroatoms. The summed E-state index contributed by atoms with van der Waals surface area (Å²) in [6.45, 7) is 0. The monoisotopic (exact) mass is 244 g/mol. The Morgan fingerprint density at radius 1 is 1.12 bits per heavy atom. The fraction of sp³-hybridized carbons (Fsp3) is 0. The number of halogens is 1. The van der Waals surface area contributed by atoms with Gasteiger partial charge in [0.2, 0.25) is 0 Å². The van der Waals surface area contributed by atoms with E-state index in [0.717, 1.165) is 16.7 Å². The lowest BCUT2D eigenvalue weighted by molar-refractivity contribution is 0.875. The summed E-state index contributed by atoms with van der Waals surface area (Å²) in [7, 11) is 0. The second kappa shape index (κ2) is 3.75. The van der Waals surface area contributed by atoms with Crippen LogP contribution < -0.4 is 5.73 Å². The first-order valence-electron chi connectivity index (χ1n) is 5.09. The quantitative estimate of drug-likeness (QED) is 0.670. The minimum Gasteiger partial charge on any atom is -0.399 e. The Kier molecular flexibility index (Phi) is 2.23. The van der Waals surface area contributed by atoms with E-state index in [0.29, 0.717) is 10.7 Å². The first kappa shape index (κ1) is 10.1. The molecule has 0 amide bonds. The van der Waals surface area contributed by atoms with E-state index < -0.39 is 0 Å². The number of nitrogen functional groups attached to an aromatic ring is 1. The van der Waals surface area contributed by atoms with Gasteiger partial charge in [0, 0.05) is 17.3 Å². The standard InChI is InChI=1S/C12H9ClN4/c13-9-2-4-12(15-7-9)17-11-5-10(14)3-1-8(11)6-16-17/h1-7H,14H2. The first-order chi connectivity index (χ1) is 8.24. The first-order valence-corrected chi connectivity index (χ1v) is 5.47. The Morgan fingerprint density at radius 2 is 2.00 bits per heavy atom. The van der Waals surface area contributed by atoms with Crippen LogP contribution in [0, 0.1) is 0 Å². The summed E-state index contributed by atoms with van der Waals surface area (Å²) in [4.78, 5) is 4.23. The maximum Gasteiger partial charge on any atom is 0.154 e. The van der Waals surface area contributed by atoms with Crippen molar-refractivity contribution in [2.75, 3.05) is 5.73 Å². The van der Waals surface area contributed by atoms with Crippen molar-refractivity contribution >= 4 is 28.2 Å². The number of hydrogen-bond donors (Lipinski definition) is 1. The number of anilines is 1.